The minimum Gasteiger partial charge on any atom is -0.481 e. The summed E-state index contributed by atoms with van der Waals surface area (Å²) in [5.74, 6) is -1.32. The molecule has 1 N–H and O–H groups in total. The van der Waals surface area contributed by atoms with Crippen molar-refractivity contribution in [3.8, 4) is 0 Å². The van der Waals surface area contributed by atoms with Crippen molar-refractivity contribution in [1.29, 1.82) is 0 Å². The highest BCUT2D eigenvalue weighted by molar-refractivity contribution is 6.00. The first-order valence-corrected chi connectivity index (χ1v) is 16.9. The number of nitrogens with zero attached hydrogens (tertiary/aromatic N) is 1. The molecule has 4 aliphatic carbocycles. The zero-order chi connectivity index (χ0) is 32.6. The fourth-order valence-electron chi connectivity index (χ4n) is 11.3. The molecule has 0 spiro atoms. The summed E-state index contributed by atoms with van der Waals surface area (Å²) in [6, 6.07) is 0. The van der Waals surface area contributed by atoms with Crippen LogP contribution in [0.4, 0.5) is 0 Å². The smallest absolute Gasteiger partial charge is 0.308 e. The van der Waals surface area contributed by atoms with Gasteiger partial charge in [-0.2, -0.15) is 0 Å². The van der Waals surface area contributed by atoms with Crippen molar-refractivity contribution in [3.05, 3.63) is 11.6 Å². The molecule has 1 heterocycles. The topological polar surface area (TPSA) is 102 Å². The maximum Gasteiger partial charge on any atom is 0.308 e. The summed E-state index contributed by atoms with van der Waals surface area (Å²) >= 11 is 0. The number of carbonyl (C=O) groups is 3. The molecular weight excluding hydrogens is 558 g/mol. The summed E-state index contributed by atoms with van der Waals surface area (Å²) in [4.78, 5) is 42.6. The Labute approximate surface area is 264 Å². The van der Waals surface area contributed by atoms with Crippen LogP contribution < -0.4 is 0 Å². The van der Waals surface area contributed by atoms with E-state index in [-0.39, 0.29) is 35.6 Å². The fourth-order valence-corrected chi connectivity index (χ4v) is 11.3. The number of hydrogen-bond donors (Lipinski definition) is 1. The molecule has 0 aromatic rings. The number of ketones is 1. The Morgan fingerprint density at radius 3 is 2.36 bits per heavy atom. The summed E-state index contributed by atoms with van der Waals surface area (Å²) in [6.45, 7) is 18.7. The van der Waals surface area contributed by atoms with Gasteiger partial charge in [0.25, 0.3) is 0 Å². The Kier molecular flexibility index (Phi) is 8.54. The van der Waals surface area contributed by atoms with Gasteiger partial charge < -0.3 is 24.2 Å². The van der Waals surface area contributed by atoms with Crippen molar-refractivity contribution in [2.75, 3.05) is 40.5 Å². The van der Waals surface area contributed by atoms with E-state index in [0.717, 1.165) is 37.8 Å². The van der Waals surface area contributed by atoms with E-state index in [2.05, 4.69) is 46.4 Å². The van der Waals surface area contributed by atoms with E-state index >= 15 is 0 Å². The number of likely N-dealkylation sites (N-methyl/N-ethyl adjacent to an activating group) is 1. The number of rotatable bonds is 8. The lowest BCUT2D eigenvalue weighted by Gasteiger charge is -2.70. The van der Waals surface area contributed by atoms with E-state index in [1.54, 1.807) is 0 Å². The third-order valence-electron chi connectivity index (χ3n) is 14.1. The van der Waals surface area contributed by atoms with Crippen LogP contribution in [0.1, 0.15) is 87.5 Å². The number of allylic oxidation sites excluding steroid dienone is 1. The third kappa shape index (κ3) is 4.58. The summed E-state index contributed by atoms with van der Waals surface area (Å²) < 4.78 is 19.1. The number of carboxylic acids is 1. The van der Waals surface area contributed by atoms with Crippen LogP contribution in [-0.4, -0.2) is 80.4 Å². The highest BCUT2D eigenvalue weighted by atomic mass is 16.6. The Hall–Kier alpha value is -1.77. The molecule has 2 bridgehead atoms. The van der Waals surface area contributed by atoms with Crippen LogP contribution in [0, 0.1) is 56.7 Å². The van der Waals surface area contributed by atoms with E-state index in [1.807, 2.05) is 27.1 Å². The van der Waals surface area contributed by atoms with Crippen LogP contribution in [0.25, 0.3) is 0 Å². The van der Waals surface area contributed by atoms with Crippen molar-refractivity contribution in [1.82, 2.24) is 4.90 Å². The molecule has 0 radical (unpaired) electrons. The van der Waals surface area contributed by atoms with Gasteiger partial charge in [0.15, 0.2) is 5.78 Å². The molecule has 11 atom stereocenters. The zero-order valence-corrected chi connectivity index (χ0v) is 28.8. The average molecular weight is 616 g/mol. The Morgan fingerprint density at radius 2 is 1.77 bits per heavy atom. The van der Waals surface area contributed by atoms with Crippen LogP contribution in [0.15, 0.2) is 11.6 Å². The van der Waals surface area contributed by atoms with Crippen LogP contribution in [0.5, 0.6) is 0 Å². The minimum absolute atomic E-state index is 0.0531. The molecule has 0 unspecified atom stereocenters. The lowest BCUT2D eigenvalue weighted by atomic mass is 9.34. The first kappa shape index (κ1) is 33.6. The molecule has 5 aliphatic rings. The van der Waals surface area contributed by atoms with Gasteiger partial charge in [-0.15, -0.1) is 0 Å². The molecule has 0 amide bonds. The number of fused-ring (bicyclic) bond motifs is 3. The summed E-state index contributed by atoms with van der Waals surface area (Å²) in [7, 11) is 4.03. The number of ether oxygens (including phenoxy) is 3. The minimum atomic E-state index is -1.03. The molecule has 3 saturated carbocycles. The van der Waals surface area contributed by atoms with Gasteiger partial charge in [-0.05, 0) is 86.8 Å². The van der Waals surface area contributed by atoms with Crippen molar-refractivity contribution in [3.63, 3.8) is 0 Å². The van der Waals surface area contributed by atoms with Gasteiger partial charge >= 0.3 is 11.9 Å². The van der Waals surface area contributed by atoms with Gasteiger partial charge in [0, 0.05) is 29.7 Å². The molecule has 248 valence electrons. The number of carbonyl (C=O) groups excluding carboxylic acids is 2. The van der Waals surface area contributed by atoms with E-state index in [9.17, 15) is 19.5 Å². The Bertz CT molecular complexity index is 1210. The van der Waals surface area contributed by atoms with E-state index < -0.39 is 45.1 Å². The normalized spacial score (nSPS) is 45.6. The highest BCUT2D eigenvalue weighted by Gasteiger charge is 2.74. The molecule has 44 heavy (non-hydrogen) atoms. The van der Waals surface area contributed by atoms with Crippen molar-refractivity contribution in [2.45, 2.75) is 99.7 Å². The van der Waals surface area contributed by atoms with Crippen molar-refractivity contribution < 1.29 is 33.7 Å². The first-order valence-electron chi connectivity index (χ1n) is 16.9. The molecule has 4 fully saturated rings. The fraction of sp³-hybridized carbons (Fsp3) is 0.861. The van der Waals surface area contributed by atoms with Gasteiger partial charge in [-0.3, -0.25) is 14.4 Å². The summed E-state index contributed by atoms with van der Waals surface area (Å²) in [5.41, 5.74) is -1.81. The van der Waals surface area contributed by atoms with E-state index in [0.29, 0.717) is 32.2 Å². The average Bonchev–Trinajstić information content (AvgIpc) is 2.91. The molecule has 0 aromatic carbocycles. The van der Waals surface area contributed by atoms with E-state index in [1.165, 1.54) is 6.92 Å². The van der Waals surface area contributed by atoms with Crippen molar-refractivity contribution >= 4 is 17.7 Å². The second-order valence-corrected chi connectivity index (χ2v) is 16.7. The second kappa shape index (κ2) is 11.2. The summed E-state index contributed by atoms with van der Waals surface area (Å²) in [5, 5.41) is 10.9. The maximum absolute atomic E-state index is 14.8. The highest BCUT2D eigenvalue weighted by Crippen LogP contribution is 2.74. The SMILES string of the molecule is CC(=O)O[C@@H]1C[C@]23COC[C@@](C)([C@@H]2CC[C@H]2C3=CC(=O)[C@@]3(C)[C@H](C(=O)O)[C@@](C)([C@H](C)C(C)C)CC[C@]23C)[C@H]1OCCN(C)C. The molecule has 1 saturated heterocycles. The third-order valence-corrected chi connectivity index (χ3v) is 14.1. The largest absolute Gasteiger partial charge is 0.481 e. The number of esters is 1. The van der Waals surface area contributed by atoms with E-state index in [4.69, 9.17) is 14.2 Å². The quantitative estimate of drug-likeness (QED) is 0.351. The van der Waals surface area contributed by atoms with Gasteiger partial charge in [-0.25, -0.2) is 0 Å². The van der Waals surface area contributed by atoms with Crippen LogP contribution in [0.3, 0.4) is 0 Å². The van der Waals surface area contributed by atoms with Gasteiger partial charge in [0.1, 0.15) is 12.2 Å². The standard InChI is InChI=1S/C36H57NO7/c1-21(2)22(3)32(5)13-14-34(7)24-11-12-27-33(6)19-42-20-36(27,25(24)17-28(39)35(34,8)29(32)31(40)41)18-26(44-23(4)38)30(33)43-16-15-37(9)10/h17,21-22,24,26-27,29-30H,11-16,18-20H2,1-10H3,(H,40,41)/t22-,24+,26-,27+,29-,30+,32-,33+,34-,35+,36-/m1/s1. The Balaban J connectivity index is 1.62. The molecule has 8 nitrogen and oxygen atoms in total. The zero-order valence-electron chi connectivity index (χ0n) is 28.8. The number of carboxylic acid groups (broad SMARTS) is 1. The van der Waals surface area contributed by atoms with Crippen molar-refractivity contribution in [2.24, 2.45) is 56.7 Å². The van der Waals surface area contributed by atoms with Crippen LogP contribution >= 0.6 is 0 Å². The molecule has 0 aromatic heterocycles. The first-order chi connectivity index (χ1) is 20.4. The van der Waals surface area contributed by atoms with Gasteiger partial charge in [0.2, 0.25) is 0 Å². The summed E-state index contributed by atoms with van der Waals surface area (Å²) in [6.07, 6.45) is 5.06. The molecular formula is C36H57NO7. The lowest BCUT2D eigenvalue weighted by molar-refractivity contribution is -0.265. The maximum atomic E-state index is 14.8. The molecule has 1 aliphatic heterocycles. The monoisotopic (exact) mass is 615 g/mol. The Morgan fingerprint density at radius 1 is 1.09 bits per heavy atom. The number of aliphatic carboxylic acids is 1. The predicted molar refractivity (Wildman–Crippen MR) is 168 cm³/mol. The van der Waals surface area contributed by atoms with Crippen LogP contribution in [-0.2, 0) is 28.6 Å². The van der Waals surface area contributed by atoms with Crippen LogP contribution in [0.2, 0.25) is 0 Å². The predicted octanol–water partition coefficient (Wildman–Crippen LogP) is 5.63. The lowest BCUT2D eigenvalue weighted by Crippen LogP contribution is -2.71. The molecule has 5 rings (SSSR count). The van der Waals surface area contributed by atoms with Gasteiger partial charge in [0.05, 0.1) is 25.7 Å². The van der Waals surface area contributed by atoms with Gasteiger partial charge in [-0.1, -0.05) is 54.0 Å². The second-order valence-electron chi connectivity index (χ2n) is 16.7. The number of hydrogen-bond acceptors (Lipinski definition) is 7. The molecule has 8 heteroatoms.